The Bertz CT molecular complexity index is 880. The predicted molar refractivity (Wildman–Crippen MR) is 99.6 cm³/mol. The third kappa shape index (κ3) is 5.15. The van der Waals surface area contributed by atoms with E-state index in [9.17, 15) is 18.4 Å². The molecule has 6 nitrogen and oxygen atoms in total. The summed E-state index contributed by atoms with van der Waals surface area (Å²) < 4.78 is 28.4. The van der Waals surface area contributed by atoms with Gasteiger partial charge in [0, 0.05) is 31.7 Å². The minimum absolute atomic E-state index is 0.0114. The van der Waals surface area contributed by atoms with Crippen molar-refractivity contribution in [3.63, 3.8) is 0 Å². The molecular formula is C20H25F2N3O3. The van der Waals surface area contributed by atoms with Crippen LogP contribution in [0.15, 0.2) is 18.2 Å². The van der Waals surface area contributed by atoms with Gasteiger partial charge in [0.25, 0.3) is 0 Å². The zero-order valence-electron chi connectivity index (χ0n) is 16.5. The maximum Gasteiger partial charge on any atom is 0.305 e. The summed E-state index contributed by atoms with van der Waals surface area (Å²) in [5, 5.41) is 13.3. The molecule has 0 bridgehead atoms. The first kappa shape index (κ1) is 21.5. The van der Waals surface area contributed by atoms with Gasteiger partial charge in [0.2, 0.25) is 5.91 Å². The molecule has 0 spiro atoms. The molecule has 1 heterocycles. The highest BCUT2D eigenvalue weighted by molar-refractivity contribution is 5.79. The number of carboxylic acids is 1. The number of amides is 1. The molecule has 152 valence electrons. The molecule has 1 aromatic carbocycles. The van der Waals surface area contributed by atoms with Crippen LogP contribution in [-0.2, 0) is 29.6 Å². The third-order valence-corrected chi connectivity index (χ3v) is 4.86. The van der Waals surface area contributed by atoms with Crippen LogP contribution in [0.3, 0.4) is 0 Å². The lowest BCUT2D eigenvalue weighted by molar-refractivity contribution is -0.140. The fourth-order valence-corrected chi connectivity index (χ4v) is 3.17. The summed E-state index contributed by atoms with van der Waals surface area (Å²) in [4.78, 5) is 25.3. The maximum atomic E-state index is 13.5. The van der Waals surface area contributed by atoms with Gasteiger partial charge < -0.3 is 10.0 Å². The van der Waals surface area contributed by atoms with Crippen LogP contribution in [-0.4, -0.2) is 38.2 Å². The second-order valence-electron chi connectivity index (χ2n) is 7.03. The van der Waals surface area contributed by atoms with Crippen molar-refractivity contribution in [2.45, 2.75) is 40.2 Å². The summed E-state index contributed by atoms with van der Waals surface area (Å²) in [7, 11) is 1.83. The summed E-state index contributed by atoms with van der Waals surface area (Å²) in [5.41, 5.74) is 3.19. The lowest BCUT2D eigenvalue weighted by Crippen LogP contribution is -2.37. The Labute approximate surface area is 162 Å². The quantitative estimate of drug-likeness (QED) is 0.748. The van der Waals surface area contributed by atoms with E-state index in [1.54, 1.807) is 11.6 Å². The van der Waals surface area contributed by atoms with Crippen molar-refractivity contribution in [2.24, 2.45) is 13.0 Å². The number of rotatable bonds is 8. The number of hydrogen-bond donors (Lipinski definition) is 1. The van der Waals surface area contributed by atoms with Gasteiger partial charge in [-0.05, 0) is 43.5 Å². The van der Waals surface area contributed by atoms with Crippen molar-refractivity contribution in [1.29, 1.82) is 0 Å². The molecule has 28 heavy (non-hydrogen) atoms. The lowest BCUT2D eigenvalue weighted by atomic mass is 9.98. The second-order valence-corrected chi connectivity index (χ2v) is 7.03. The maximum absolute atomic E-state index is 13.5. The number of aromatic nitrogens is 2. The summed E-state index contributed by atoms with van der Waals surface area (Å²) in [6, 6.07) is 3.41. The van der Waals surface area contributed by atoms with Gasteiger partial charge in [0.05, 0.1) is 12.1 Å². The number of benzene rings is 1. The molecule has 0 radical (unpaired) electrons. The van der Waals surface area contributed by atoms with E-state index in [4.69, 9.17) is 5.11 Å². The number of halogens is 2. The molecule has 2 rings (SSSR count). The fourth-order valence-electron chi connectivity index (χ4n) is 3.17. The van der Waals surface area contributed by atoms with Crippen molar-refractivity contribution in [3.05, 3.63) is 52.3 Å². The van der Waals surface area contributed by atoms with Crippen molar-refractivity contribution >= 4 is 11.9 Å². The molecule has 0 fully saturated rings. The van der Waals surface area contributed by atoms with E-state index >= 15 is 0 Å². The average molecular weight is 393 g/mol. The smallest absolute Gasteiger partial charge is 0.305 e. The Morgan fingerprint density at radius 3 is 2.46 bits per heavy atom. The fraction of sp³-hybridized carbons (Fsp3) is 0.450. The van der Waals surface area contributed by atoms with E-state index in [2.05, 4.69) is 5.10 Å². The number of hydrogen-bond acceptors (Lipinski definition) is 3. The molecule has 1 amide bonds. The second kappa shape index (κ2) is 8.95. The third-order valence-electron chi connectivity index (χ3n) is 4.86. The van der Waals surface area contributed by atoms with Crippen LogP contribution in [0.1, 0.15) is 35.9 Å². The van der Waals surface area contributed by atoms with Crippen LogP contribution in [0, 0.1) is 31.4 Å². The molecule has 1 aromatic heterocycles. The first-order chi connectivity index (χ1) is 13.1. The first-order valence-corrected chi connectivity index (χ1v) is 9.03. The lowest BCUT2D eigenvalue weighted by Gasteiger charge is -2.26. The Morgan fingerprint density at radius 2 is 1.93 bits per heavy atom. The number of nitrogens with zero attached hydrogens (tertiary/aromatic N) is 3. The van der Waals surface area contributed by atoms with Crippen molar-refractivity contribution in [3.8, 4) is 0 Å². The van der Waals surface area contributed by atoms with E-state index in [1.807, 2.05) is 20.9 Å². The van der Waals surface area contributed by atoms with E-state index in [0.29, 0.717) is 12.0 Å². The topological polar surface area (TPSA) is 75.4 Å². The summed E-state index contributed by atoms with van der Waals surface area (Å²) in [6.45, 7) is 5.58. The standard InChI is InChI=1S/C20H25F2N3O3/c1-12(9-16-13(2)23-24(4)14(16)3)20(28)25(8-7-19(26)27)11-15-5-6-17(21)18(22)10-15/h5-6,10,12H,7-9,11H2,1-4H3,(H,26,27). The molecular weight excluding hydrogens is 368 g/mol. The normalized spacial score (nSPS) is 12.1. The van der Waals surface area contributed by atoms with Crippen LogP contribution < -0.4 is 0 Å². The van der Waals surface area contributed by atoms with Crippen molar-refractivity contribution < 1.29 is 23.5 Å². The summed E-state index contributed by atoms with van der Waals surface area (Å²) >= 11 is 0. The number of carboxylic acid groups (broad SMARTS) is 1. The summed E-state index contributed by atoms with van der Waals surface area (Å²) in [6.07, 6.45) is 0.235. The number of carbonyl (C=O) groups is 2. The van der Waals surface area contributed by atoms with E-state index in [0.717, 1.165) is 29.1 Å². The number of carbonyl (C=O) groups excluding carboxylic acids is 1. The molecule has 0 saturated heterocycles. The molecule has 8 heteroatoms. The SMILES string of the molecule is Cc1nn(C)c(C)c1CC(C)C(=O)N(CCC(=O)O)Cc1ccc(F)c(F)c1. The molecule has 0 saturated carbocycles. The van der Waals surface area contributed by atoms with E-state index in [1.165, 1.54) is 11.0 Å². The average Bonchev–Trinajstić information content (AvgIpc) is 2.86. The zero-order valence-corrected chi connectivity index (χ0v) is 16.5. The van der Waals surface area contributed by atoms with Gasteiger partial charge in [0.1, 0.15) is 0 Å². The van der Waals surface area contributed by atoms with Gasteiger partial charge in [-0.15, -0.1) is 0 Å². The van der Waals surface area contributed by atoms with Crippen LogP contribution in [0.4, 0.5) is 8.78 Å². The van der Waals surface area contributed by atoms with Gasteiger partial charge in [-0.3, -0.25) is 14.3 Å². The van der Waals surface area contributed by atoms with Crippen molar-refractivity contribution in [2.75, 3.05) is 6.54 Å². The highest BCUT2D eigenvalue weighted by atomic mass is 19.2. The van der Waals surface area contributed by atoms with E-state index in [-0.39, 0.29) is 25.4 Å². The van der Waals surface area contributed by atoms with Gasteiger partial charge in [-0.1, -0.05) is 13.0 Å². The van der Waals surface area contributed by atoms with Crippen LogP contribution in [0.2, 0.25) is 0 Å². The highest BCUT2D eigenvalue weighted by Gasteiger charge is 2.24. The van der Waals surface area contributed by atoms with Gasteiger partial charge in [0.15, 0.2) is 11.6 Å². The zero-order chi connectivity index (χ0) is 21.0. The minimum atomic E-state index is -1.03. The van der Waals surface area contributed by atoms with Gasteiger partial charge in [-0.25, -0.2) is 8.78 Å². The first-order valence-electron chi connectivity index (χ1n) is 9.03. The Hall–Kier alpha value is -2.77. The monoisotopic (exact) mass is 393 g/mol. The van der Waals surface area contributed by atoms with Gasteiger partial charge >= 0.3 is 5.97 Å². The largest absolute Gasteiger partial charge is 0.481 e. The predicted octanol–water partition coefficient (Wildman–Crippen LogP) is 3.00. The molecule has 0 aliphatic carbocycles. The Kier molecular flexibility index (Phi) is 6.88. The van der Waals surface area contributed by atoms with Gasteiger partial charge in [-0.2, -0.15) is 5.10 Å². The van der Waals surface area contributed by atoms with E-state index < -0.39 is 23.5 Å². The Morgan fingerprint density at radius 1 is 1.25 bits per heavy atom. The van der Waals surface area contributed by atoms with Crippen LogP contribution in [0.25, 0.3) is 0 Å². The Balaban J connectivity index is 2.19. The highest BCUT2D eigenvalue weighted by Crippen LogP contribution is 2.20. The molecule has 2 aromatic rings. The molecule has 1 atom stereocenters. The van der Waals surface area contributed by atoms with Crippen LogP contribution in [0.5, 0.6) is 0 Å². The molecule has 0 aliphatic heterocycles. The number of aryl methyl sites for hydroxylation is 2. The van der Waals surface area contributed by atoms with Crippen molar-refractivity contribution in [1.82, 2.24) is 14.7 Å². The summed E-state index contributed by atoms with van der Waals surface area (Å²) in [5.74, 6) is -3.66. The molecule has 1 unspecified atom stereocenters. The van der Waals surface area contributed by atoms with Crippen LogP contribution >= 0.6 is 0 Å². The molecule has 0 aliphatic rings. The number of aliphatic carboxylic acids is 1. The molecule has 1 N–H and O–H groups in total. The minimum Gasteiger partial charge on any atom is -0.481 e.